The maximum Gasteiger partial charge on any atom is 0.231 e. The third-order valence-electron chi connectivity index (χ3n) is 7.85. The molecule has 0 N–H and O–H groups in total. The first-order valence-corrected chi connectivity index (χ1v) is 13.5. The van der Waals surface area contributed by atoms with Gasteiger partial charge in [0.05, 0.1) is 11.1 Å². The number of furan rings is 1. The van der Waals surface area contributed by atoms with Gasteiger partial charge >= 0.3 is 0 Å². The molecule has 3 heteroatoms. The number of para-hydroxylation sites is 1. The van der Waals surface area contributed by atoms with Gasteiger partial charge in [0, 0.05) is 22.1 Å². The molecule has 2 aromatic heterocycles. The molecule has 8 aromatic rings. The van der Waals surface area contributed by atoms with Gasteiger partial charge < -0.3 is 4.42 Å². The Morgan fingerprint density at radius 1 is 0.525 bits per heavy atom. The molecule has 40 heavy (non-hydrogen) atoms. The Balaban J connectivity index is 1.49. The van der Waals surface area contributed by atoms with Gasteiger partial charge in [-0.15, -0.1) is 0 Å². The summed E-state index contributed by atoms with van der Waals surface area (Å²) in [6.07, 6.45) is 0. The fourth-order valence-electron chi connectivity index (χ4n) is 5.95. The van der Waals surface area contributed by atoms with Gasteiger partial charge in [-0.2, -0.15) is 4.98 Å². The smallest absolute Gasteiger partial charge is 0.231 e. The summed E-state index contributed by atoms with van der Waals surface area (Å²) in [4.78, 5) is 10.4. The number of aryl methyl sites for hydroxylation is 1. The van der Waals surface area contributed by atoms with E-state index in [-0.39, 0.29) is 0 Å². The highest BCUT2D eigenvalue weighted by molar-refractivity contribution is 6.16. The van der Waals surface area contributed by atoms with Crippen molar-refractivity contribution >= 4 is 43.6 Å². The second-order valence-electron chi connectivity index (χ2n) is 10.2. The largest absolute Gasteiger partial charge is 0.437 e. The molecule has 6 aromatic carbocycles. The van der Waals surface area contributed by atoms with Crippen LogP contribution in [-0.2, 0) is 0 Å². The van der Waals surface area contributed by atoms with Crippen molar-refractivity contribution < 1.29 is 4.42 Å². The van der Waals surface area contributed by atoms with E-state index in [1.807, 2.05) is 6.07 Å². The lowest BCUT2D eigenvalue weighted by Gasteiger charge is -2.11. The van der Waals surface area contributed by atoms with Crippen molar-refractivity contribution in [2.45, 2.75) is 6.92 Å². The molecular formula is C37H24N2O. The van der Waals surface area contributed by atoms with E-state index in [1.165, 1.54) is 16.3 Å². The van der Waals surface area contributed by atoms with E-state index >= 15 is 0 Å². The fraction of sp³-hybridized carbons (Fsp3) is 0.0270. The number of nitrogens with zero attached hydrogens (tertiary/aromatic N) is 2. The molecule has 0 saturated heterocycles. The van der Waals surface area contributed by atoms with E-state index in [4.69, 9.17) is 14.4 Å². The van der Waals surface area contributed by atoms with Gasteiger partial charge in [-0.25, -0.2) is 4.98 Å². The summed E-state index contributed by atoms with van der Waals surface area (Å²) in [5.41, 5.74) is 7.74. The molecule has 0 unspecified atom stereocenters. The van der Waals surface area contributed by atoms with Crippen molar-refractivity contribution in [2.75, 3.05) is 0 Å². The molecule has 0 bridgehead atoms. The summed E-state index contributed by atoms with van der Waals surface area (Å²) in [6, 6.07) is 44.3. The predicted octanol–water partition coefficient (Wildman–Crippen LogP) is 9.99. The van der Waals surface area contributed by atoms with E-state index < -0.39 is 0 Å². The number of benzene rings is 6. The zero-order valence-corrected chi connectivity index (χ0v) is 21.9. The van der Waals surface area contributed by atoms with E-state index in [0.29, 0.717) is 11.5 Å². The van der Waals surface area contributed by atoms with Crippen LogP contribution in [-0.4, -0.2) is 9.97 Å². The second-order valence-corrected chi connectivity index (χ2v) is 10.2. The van der Waals surface area contributed by atoms with Crippen LogP contribution in [0.4, 0.5) is 0 Å². The number of rotatable bonds is 3. The highest BCUT2D eigenvalue weighted by atomic mass is 16.3. The first kappa shape index (κ1) is 22.7. The summed E-state index contributed by atoms with van der Waals surface area (Å²) in [5, 5.41) is 6.64. The molecule has 0 fully saturated rings. The molecule has 188 valence electrons. The second kappa shape index (κ2) is 8.89. The third-order valence-corrected chi connectivity index (χ3v) is 7.85. The molecule has 0 saturated carbocycles. The minimum atomic E-state index is 0.595. The van der Waals surface area contributed by atoms with E-state index in [9.17, 15) is 0 Å². The van der Waals surface area contributed by atoms with E-state index in [2.05, 4.69) is 128 Å². The molecule has 0 atom stereocenters. The maximum absolute atomic E-state index is 6.67. The molecule has 0 spiro atoms. The van der Waals surface area contributed by atoms with Crippen LogP contribution in [0.25, 0.3) is 77.4 Å². The zero-order valence-electron chi connectivity index (χ0n) is 21.9. The molecular weight excluding hydrogens is 488 g/mol. The average Bonchev–Trinajstić information content (AvgIpc) is 3.40. The van der Waals surface area contributed by atoms with Crippen molar-refractivity contribution in [3.05, 3.63) is 133 Å². The van der Waals surface area contributed by atoms with Crippen LogP contribution in [0.3, 0.4) is 0 Å². The van der Waals surface area contributed by atoms with E-state index in [0.717, 1.165) is 55.1 Å². The van der Waals surface area contributed by atoms with Crippen LogP contribution in [0.2, 0.25) is 0 Å². The van der Waals surface area contributed by atoms with Gasteiger partial charge in [0.1, 0.15) is 5.58 Å². The van der Waals surface area contributed by atoms with Gasteiger partial charge in [-0.3, -0.25) is 0 Å². The minimum absolute atomic E-state index is 0.595. The zero-order chi connectivity index (χ0) is 26.6. The molecule has 3 nitrogen and oxygen atoms in total. The van der Waals surface area contributed by atoms with Crippen LogP contribution in [0, 0.1) is 6.92 Å². The quantitative estimate of drug-likeness (QED) is 0.221. The highest BCUT2D eigenvalue weighted by Crippen LogP contribution is 2.42. The Bertz CT molecular complexity index is 2230. The lowest BCUT2D eigenvalue weighted by molar-refractivity contribution is 0.654. The lowest BCUT2D eigenvalue weighted by Crippen LogP contribution is -1.95. The summed E-state index contributed by atoms with van der Waals surface area (Å²) in [6.45, 7) is 2.13. The lowest BCUT2D eigenvalue weighted by atomic mass is 9.96. The van der Waals surface area contributed by atoms with Gasteiger partial charge in [0.2, 0.25) is 5.71 Å². The predicted molar refractivity (Wildman–Crippen MR) is 165 cm³/mol. The van der Waals surface area contributed by atoms with Crippen LogP contribution in [0.15, 0.2) is 132 Å². The van der Waals surface area contributed by atoms with Gasteiger partial charge in [0.25, 0.3) is 0 Å². The third kappa shape index (κ3) is 3.45. The SMILES string of the molecule is Cc1ccccc1-c1cccc2c1oc1nc(-c3cc4ccccc4c4ccccc34)nc(-c3ccccc3)c12. The fourth-order valence-corrected chi connectivity index (χ4v) is 5.95. The minimum Gasteiger partial charge on any atom is -0.437 e. The Morgan fingerprint density at radius 3 is 2.05 bits per heavy atom. The van der Waals surface area contributed by atoms with Gasteiger partial charge in [0.15, 0.2) is 5.82 Å². The summed E-state index contributed by atoms with van der Waals surface area (Å²) >= 11 is 0. The van der Waals surface area contributed by atoms with Crippen molar-refractivity contribution in [1.29, 1.82) is 0 Å². The molecule has 0 aliphatic heterocycles. The molecule has 0 aliphatic carbocycles. The Morgan fingerprint density at radius 2 is 1.20 bits per heavy atom. The summed E-state index contributed by atoms with van der Waals surface area (Å²) in [5.74, 6) is 0.657. The van der Waals surface area contributed by atoms with Crippen molar-refractivity contribution in [3.63, 3.8) is 0 Å². The maximum atomic E-state index is 6.67. The van der Waals surface area contributed by atoms with Crippen molar-refractivity contribution in [2.24, 2.45) is 0 Å². The molecule has 0 radical (unpaired) electrons. The van der Waals surface area contributed by atoms with Crippen LogP contribution in [0.5, 0.6) is 0 Å². The highest BCUT2D eigenvalue weighted by Gasteiger charge is 2.21. The van der Waals surface area contributed by atoms with E-state index in [1.54, 1.807) is 0 Å². The Hall–Kier alpha value is -5.28. The molecule has 0 aliphatic rings. The van der Waals surface area contributed by atoms with Gasteiger partial charge in [-0.05, 0) is 45.7 Å². The summed E-state index contributed by atoms with van der Waals surface area (Å²) < 4.78 is 6.67. The van der Waals surface area contributed by atoms with Crippen LogP contribution >= 0.6 is 0 Å². The first-order chi connectivity index (χ1) is 19.8. The number of hydrogen-bond donors (Lipinski definition) is 0. The topological polar surface area (TPSA) is 38.9 Å². The number of hydrogen-bond acceptors (Lipinski definition) is 3. The number of fused-ring (bicyclic) bond motifs is 6. The Labute approximate surface area is 231 Å². The van der Waals surface area contributed by atoms with Crippen molar-refractivity contribution in [3.8, 4) is 33.8 Å². The number of aromatic nitrogens is 2. The monoisotopic (exact) mass is 512 g/mol. The van der Waals surface area contributed by atoms with Crippen molar-refractivity contribution in [1.82, 2.24) is 9.97 Å². The molecule has 2 heterocycles. The Kier molecular flexibility index (Phi) is 5.04. The van der Waals surface area contributed by atoms with Crippen LogP contribution < -0.4 is 0 Å². The standard InChI is InChI=1S/C37H24N2O/c1-23-12-5-7-16-26(23)30-20-11-21-31-33-34(24-13-3-2-4-14-24)38-36(39-37(33)40-35(30)31)32-22-25-15-6-8-17-27(25)28-18-9-10-19-29(28)32/h2-22H,1H3. The van der Waals surface area contributed by atoms with Gasteiger partial charge in [-0.1, -0.05) is 121 Å². The van der Waals surface area contributed by atoms with Crippen LogP contribution in [0.1, 0.15) is 5.56 Å². The molecule has 8 rings (SSSR count). The normalized spacial score (nSPS) is 11.6. The molecule has 0 amide bonds. The first-order valence-electron chi connectivity index (χ1n) is 13.5. The summed E-state index contributed by atoms with van der Waals surface area (Å²) in [7, 11) is 0. The average molecular weight is 513 g/mol.